The Kier molecular flexibility index (Phi) is 17.7. The highest BCUT2D eigenvalue weighted by molar-refractivity contribution is 6.11. The highest BCUT2D eigenvalue weighted by Crippen LogP contribution is 2.48. The fourth-order valence-corrected chi connectivity index (χ4v) is 5.93. The normalized spacial score (nSPS) is 14.9. The van der Waals surface area contributed by atoms with E-state index in [0.29, 0.717) is 18.1 Å². The van der Waals surface area contributed by atoms with E-state index in [2.05, 4.69) is 34.9 Å². The molecule has 18 heteroatoms. The van der Waals surface area contributed by atoms with Gasteiger partial charge in [-0.2, -0.15) is 31.2 Å². The lowest BCUT2D eigenvalue weighted by molar-refractivity contribution is -0.299. The lowest BCUT2D eigenvalue weighted by atomic mass is 9.96. The number of alkyl halides is 6. The number of imide groups is 1. The number of ether oxygens (including phenoxy) is 5. The third-order valence-electron chi connectivity index (χ3n) is 9.14. The van der Waals surface area contributed by atoms with Gasteiger partial charge in [-0.25, -0.2) is 14.6 Å². The molecule has 348 valence electrons. The molecule has 63 heavy (non-hydrogen) atoms. The summed E-state index contributed by atoms with van der Waals surface area (Å²) in [6.07, 6.45) is -11.2. The standard InChI is InChI=1S/C45H58F6N4O8/c1-13-16-24-43(45(49,50)51,59-27-30-22-18-17-19-23-30)38-54-53-37(61-38)35-32(55(39(56)62-41(7,8)9)40(57)63-42(10,11)12)25-31(44(46,47)48)36(52-35)60-34(21-15-3)29(6)26-58-33(20-14-2)28(4)5/h13-15,17-19,22-23,25,28-29,33-34H,1-3,16,20-21,24,26-27H2,4-12H3. The van der Waals surface area contributed by atoms with Gasteiger partial charge in [0.25, 0.3) is 11.8 Å². The minimum atomic E-state index is -5.28. The zero-order valence-corrected chi connectivity index (χ0v) is 37.2. The highest BCUT2D eigenvalue weighted by atomic mass is 19.4. The van der Waals surface area contributed by atoms with Crippen LogP contribution >= 0.6 is 0 Å². The summed E-state index contributed by atoms with van der Waals surface area (Å²) in [6, 6.07) is 8.27. The molecule has 0 fully saturated rings. The smallest absolute Gasteiger partial charge is 0.426 e. The van der Waals surface area contributed by atoms with Gasteiger partial charge in [0.15, 0.2) is 5.69 Å². The Morgan fingerprint density at radius 1 is 0.825 bits per heavy atom. The number of anilines is 1. The number of halogens is 6. The van der Waals surface area contributed by atoms with Gasteiger partial charge in [-0.1, -0.05) is 69.3 Å². The number of allylic oxidation sites excluding steroid dienone is 1. The lowest BCUT2D eigenvalue weighted by Crippen LogP contribution is -2.45. The number of hydrogen-bond donors (Lipinski definition) is 0. The minimum absolute atomic E-state index is 0.0167. The molecular formula is C45H58F6N4O8. The highest BCUT2D eigenvalue weighted by Gasteiger charge is 2.61. The Bertz CT molecular complexity index is 1980. The second kappa shape index (κ2) is 21.4. The van der Waals surface area contributed by atoms with Crippen molar-refractivity contribution in [2.24, 2.45) is 11.8 Å². The average Bonchev–Trinajstić information content (AvgIpc) is 3.65. The van der Waals surface area contributed by atoms with Crippen LogP contribution in [0, 0.1) is 11.8 Å². The van der Waals surface area contributed by atoms with Crippen LogP contribution in [0.2, 0.25) is 0 Å². The SMILES string of the molecule is C=CCCC(OCc1ccccc1)(c1nnc(-c2nc(OC(CC=C)C(C)COC(CC=C)C(C)C)c(C(F)(F)F)cc2N(C(=O)OC(C)(C)C)C(=O)OC(C)(C)C)o1)C(F)(F)F. The van der Waals surface area contributed by atoms with Crippen LogP contribution in [-0.2, 0) is 37.3 Å². The summed E-state index contributed by atoms with van der Waals surface area (Å²) in [5, 5.41) is 7.52. The number of carbonyl (C=O) groups excluding carboxylic acids is 2. The Morgan fingerprint density at radius 2 is 1.40 bits per heavy atom. The van der Waals surface area contributed by atoms with Crippen molar-refractivity contribution in [3.05, 3.63) is 91.4 Å². The fraction of sp³-hybridized carbons (Fsp3) is 0.533. The maximum absolute atomic E-state index is 15.4. The van der Waals surface area contributed by atoms with E-state index in [1.807, 2.05) is 13.8 Å². The summed E-state index contributed by atoms with van der Waals surface area (Å²) in [7, 11) is 0. The molecule has 2 heterocycles. The van der Waals surface area contributed by atoms with Crippen LogP contribution in [0.5, 0.6) is 5.88 Å². The van der Waals surface area contributed by atoms with Gasteiger partial charge in [-0.3, -0.25) is 0 Å². The first-order valence-electron chi connectivity index (χ1n) is 20.3. The number of pyridine rings is 1. The Hall–Kier alpha value is -5.23. The van der Waals surface area contributed by atoms with E-state index < -0.39 is 101 Å². The number of hydrogen-bond acceptors (Lipinski definition) is 11. The topological polar surface area (TPSA) is 135 Å². The van der Waals surface area contributed by atoms with Gasteiger partial charge in [0.2, 0.25) is 11.5 Å². The zero-order chi connectivity index (χ0) is 47.6. The third kappa shape index (κ3) is 14.4. The number of rotatable bonds is 20. The summed E-state index contributed by atoms with van der Waals surface area (Å²) in [5.41, 5.74) is -9.06. The number of nitrogens with zero attached hydrogens (tertiary/aromatic N) is 4. The van der Waals surface area contributed by atoms with Crippen molar-refractivity contribution in [3.63, 3.8) is 0 Å². The van der Waals surface area contributed by atoms with Crippen molar-refractivity contribution < 1.29 is 64.0 Å². The Balaban J connectivity index is 2.44. The Labute approximate surface area is 364 Å². The van der Waals surface area contributed by atoms with Gasteiger partial charge in [0, 0.05) is 12.3 Å². The van der Waals surface area contributed by atoms with Crippen LogP contribution in [0.4, 0.5) is 41.6 Å². The van der Waals surface area contributed by atoms with Crippen LogP contribution in [0.15, 0.2) is 78.8 Å². The van der Waals surface area contributed by atoms with Gasteiger partial charge >= 0.3 is 24.5 Å². The predicted octanol–water partition coefficient (Wildman–Crippen LogP) is 12.3. The molecule has 0 aliphatic rings. The van der Waals surface area contributed by atoms with E-state index in [0.717, 1.165) is 0 Å². The summed E-state index contributed by atoms with van der Waals surface area (Å²) >= 11 is 0. The lowest BCUT2D eigenvalue weighted by Gasteiger charge is -2.32. The van der Waals surface area contributed by atoms with E-state index in [4.69, 9.17) is 28.1 Å². The van der Waals surface area contributed by atoms with Crippen molar-refractivity contribution in [1.29, 1.82) is 0 Å². The maximum Gasteiger partial charge on any atom is 0.426 e. The van der Waals surface area contributed by atoms with Crippen LogP contribution in [0.1, 0.15) is 105 Å². The third-order valence-corrected chi connectivity index (χ3v) is 9.14. The van der Waals surface area contributed by atoms with Crippen molar-refractivity contribution >= 4 is 17.9 Å². The van der Waals surface area contributed by atoms with Crippen molar-refractivity contribution in [3.8, 4) is 17.5 Å². The molecule has 0 N–H and O–H groups in total. The molecule has 0 bridgehead atoms. The van der Waals surface area contributed by atoms with Crippen molar-refractivity contribution in [2.45, 2.75) is 136 Å². The first kappa shape index (κ1) is 52.1. The molecule has 1 aromatic carbocycles. The van der Waals surface area contributed by atoms with Crippen LogP contribution < -0.4 is 9.64 Å². The van der Waals surface area contributed by atoms with Crippen molar-refractivity contribution in [2.75, 3.05) is 11.5 Å². The van der Waals surface area contributed by atoms with E-state index >= 15 is 26.3 Å². The molecule has 0 saturated carbocycles. The minimum Gasteiger partial charge on any atom is -0.473 e. The molecule has 0 saturated heterocycles. The van der Waals surface area contributed by atoms with Crippen LogP contribution in [-0.4, -0.2) is 63.6 Å². The number of carbonyl (C=O) groups is 2. The van der Waals surface area contributed by atoms with Crippen molar-refractivity contribution in [1.82, 2.24) is 15.2 Å². The summed E-state index contributed by atoms with van der Waals surface area (Å²) < 4.78 is 126. The Morgan fingerprint density at radius 3 is 1.89 bits per heavy atom. The van der Waals surface area contributed by atoms with E-state index in [1.165, 1.54) is 65.8 Å². The molecule has 4 atom stereocenters. The fourth-order valence-electron chi connectivity index (χ4n) is 5.93. The number of aromatic nitrogens is 3. The molecule has 3 aromatic rings. The largest absolute Gasteiger partial charge is 0.473 e. The first-order chi connectivity index (χ1) is 29.2. The summed E-state index contributed by atoms with van der Waals surface area (Å²) in [5.74, 6) is -3.75. The summed E-state index contributed by atoms with van der Waals surface area (Å²) in [6.45, 7) is 24.6. The summed E-state index contributed by atoms with van der Waals surface area (Å²) in [4.78, 5) is 32.1. The monoisotopic (exact) mass is 896 g/mol. The molecule has 4 unspecified atom stereocenters. The second-order valence-corrected chi connectivity index (χ2v) is 17.1. The van der Waals surface area contributed by atoms with Gasteiger partial charge in [-0.05, 0) is 78.4 Å². The maximum atomic E-state index is 15.4. The molecule has 0 aliphatic heterocycles. The average molecular weight is 897 g/mol. The van der Waals surface area contributed by atoms with Gasteiger partial charge in [-0.15, -0.1) is 29.9 Å². The first-order valence-corrected chi connectivity index (χ1v) is 20.3. The van der Waals surface area contributed by atoms with E-state index in [-0.39, 0.29) is 36.4 Å². The molecule has 0 spiro atoms. The second-order valence-electron chi connectivity index (χ2n) is 17.1. The molecule has 3 rings (SSSR count). The molecular weight excluding hydrogens is 839 g/mol. The molecule has 2 amide bonds. The number of benzene rings is 1. The van der Waals surface area contributed by atoms with Gasteiger partial charge < -0.3 is 28.1 Å². The quantitative estimate of drug-likeness (QED) is 0.0792. The van der Waals surface area contributed by atoms with Gasteiger partial charge in [0.1, 0.15) is 22.9 Å². The van der Waals surface area contributed by atoms with E-state index in [1.54, 1.807) is 31.2 Å². The predicted molar refractivity (Wildman–Crippen MR) is 224 cm³/mol. The molecule has 0 radical (unpaired) electrons. The van der Waals surface area contributed by atoms with Crippen LogP contribution in [0.25, 0.3) is 11.6 Å². The van der Waals surface area contributed by atoms with Gasteiger partial charge in [0.05, 0.1) is 25.0 Å². The molecule has 12 nitrogen and oxygen atoms in total. The van der Waals surface area contributed by atoms with E-state index in [9.17, 15) is 9.59 Å². The molecule has 2 aromatic heterocycles. The number of amides is 2. The zero-order valence-electron chi connectivity index (χ0n) is 37.2. The molecule has 0 aliphatic carbocycles. The van der Waals surface area contributed by atoms with Crippen LogP contribution in [0.3, 0.4) is 0 Å².